The van der Waals surface area contributed by atoms with Crippen LogP contribution in [0.1, 0.15) is 39.2 Å². The molecule has 5 heteroatoms. The number of rotatable bonds is 4. The van der Waals surface area contributed by atoms with E-state index in [4.69, 9.17) is 10.5 Å². The Balaban J connectivity index is 2.11. The van der Waals surface area contributed by atoms with Crippen LogP contribution < -0.4 is 5.73 Å². The number of nitrogen functional groups attached to an aromatic ring is 1. The highest BCUT2D eigenvalue weighted by atomic mass is 32.1. The Hall–Kier alpha value is -1.85. The zero-order valence-electron chi connectivity index (χ0n) is 14.5. The number of carbonyl (C=O) groups excluding carboxylic acids is 1. The van der Waals surface area contributed by atoms with E-state index < -0.39 is 0 Å². The number of anilines is 1. The highest BCUT2D eigenvalue weighted by Gasteiger charge is 2.26. The fourth-order valence-electron chi connectivity index (χ4n) is 3.26. The Labute approximate surface area is 147 Å². The number of hydrogen-bond acceptors (Lipinski definition) is 5. The SMILES string of the molecule is COC(=O)c1c(N)sc(CN2CCCC2)c1-c1ccc(C)c(C)c1. The zero-order valence-corrected chi connectivity index (χ0v) is 15.3. The second-order valence-corrected chi connectivity index (χ2v) is 7.55. The molecular weight excluding hydrogens is 320 g/mol. The van der Waals surface area contributed by atoms with Crippen LogP contribution >= 0.6 is 11.3 Å². The quantitative estimate of drug-likeness (QED) is 0.852. The van der Waals surface area contributed by atoms with Gasteiger partial charge >= 0.3 is 5.97 Å². The molecule has 0 saturated carbocycles. The van der Waals surface area contributed by atoms with Crippen molar-refractivity contribution in [2.45, 2.75) is 33.2 Å². The predicted molar refractivity (Wildman–Crippen MR) is 99.5 cm³/mol. The molecule has 3 rings (SSSR count). The third kappa shape index (κ3) is 3.19. The minimum atomic E-state index is -0.357. The summed E-state index contributed by atoms with van der Waals surface area (Å²) >= 11 is 1.51. The molecule has 0 spiro atoms. The average Bonchev–Trinajstić information content (AvgIpc) is 3.17. The summed E-state index contributed by atoms with van der Waals surface area (Å²) in [6, 6.07) is 6.31. The van der Waals surface area contributed by atoms with Crippen molar-refractivity contribution >= 4 is 22.3 Å². The summed E-state index contributed by atoms with van der Waals surface area (Å²) in [4.78, 5) is 15.9. The molecule has 2 heterocycles. The molecular formula is C19H24N2O2S. The maximum absolute atomic E-state index is 12.3. The van der Waals surface area contributed by atoms with Gasteiger partial charge in [0.15, 0.2) is 0 Å². The molecule has 0 bridgehead atoms. The molecule has 1 aliphatic heterocycles. The Morgan fingerprint density at radius 1 is 1.25 bits per heavy atom. The molecule has 4 nitrogen and oxygen atoms in total. The lowest BCUT2D eigenvalue weighted by molar-refractivity contribution is 0.0603. The predicted octanol–water partition coefficient (Wildman–Crippen LogP) is 4.00. The van der Waals surface area contributed by atoms with Gasteiger partial charge in [0, 0.05) is 17.0 Å². The molecule has 1 fully saturated rings. The molecule has 1 aromatic heterocycles. The number of benzene rings is 1. The topological polar surface area (TPSA) is 55.6 Å². The lowest BCUT2D eigenvalue weighted by Gasteiger charge is -2.15. The first-order chi connectivity index (χ1) is 11.5. The first-order valence-electron chi connectivity index (χ1n) is 8.30. The fourth-order valence-corrected chi connectivity index (χ4v) is 4.38. The molecule has 24 heavy (non-hydrogen) atoms. The van der Waals surface area contributed by atoms with Gasteiger partial charge in [-0.1, -0.05) is 18.2 Å². The molecule has 1 aliphatic rings. The Morgan fingerprint density at radius 3 is 2.58 bits per heavy atom. The molecule has 1 saturated heterocycles. The van der Waals surface area contributed by atoms with Gasteiger partial charge in [-0.25, -0.2) is 4.79 Å². The molecule has 128 valence electrons. The molecule has 1 aromatic carbocycles. The lowest BCUT2D eigenvalue weighted by Crippen LogP contribution is -2.18. The first-order valence-corrected chi connectivity index (χ1v) is 9.12. The van der Waals surface area contributed by atoms with Crippen LogP contribution in [0.5, 0.6) is 0 Å². The van der Waals surface area contributed by atoms with Crippen molar-refractivity contribution in [3.63, 3.8) is 0 Å². The smallest absolute Gasteiger partial charge is 0.341 e. The number of hydrogen-bond donors (Lipinski definition) is 1. The summed E-state index contributed by atoms with van der Waals surface area (Å²) in [6.07, 6.45) is 2.48. The van der Waals surface area contributed by atoms with E-state index in [1.165, 1.54) is 42.4 Å². The van der Waals surface area contributed by atoms with Crippen LogP contribution in [0.25, 0.3) is 11.1 Å². The molecule has 0 radical (unpaired) electrons. The maximum atomic E-state index is 12.3. The van der Waals surface area contributed by atoms with Crippen molar-refractivity contribution in [1.82, 2.24) is 4.90 Å². The van der Waals surface area contributed by atoms with Gasteiger partial charge in [0.25, 0.3) is 0 Å². The van der Waals surface area contributed by atoms with Gasteiger partial charge in [0.05, 0.1) is 7.11 Å². The molecule has 0 atom stereocenters. The summed E-state index contributed by atoms with van der Waals surface area (Å²) in [5.74, 6) is -0.357. The van der Waals surface area contributed by atoms with Crippen LogP contribution in [0.15, 0.2) is 18.2 Å². The van der Waals surface area contributed by atoms with Gasteiger partial charge in [0.1, 0.15) is 10.6 Å². The van der Waals surface area contributed by atoms with E-state index in [2.05, 4.69) is 36.9 Å². The molecule has 0 aliphatic carbocycles. The van der Waals surface area contributed by atoms with Gasteiger partial charge in [-0.2, -0.15) is 0 Å². The minimum absolute atomic E-state index is 0.357. The highest BCUT2D eigenvalue weighted by Crippen LogP contribution is 2.40. The van der Waals surface area contributed by atoms with Crippen LogP contribution in [0.2, 0.25) is 0 Å². The number of likely N-dealkylation sites (tertiary alicyclic amines) is 1. The number of thiophene rings is 1. The van der Waals surface area contributed by atoms with E-state index in [9.17, 15) is 4.79 Å². The molecule has 2 N–H and O–H groups in total. The second-order valence-electron chi connectivity index (χ2n) is 6.41. The van der Waals surface area contributed by atoms with E-state index >= 15 is 0 Å². The molecule has 0 amide bonds. The monoisotopic (exact) mass is 344 g/mol. The fraction of sp³-hybridized carbons (Fsp3) is 0.421. The van der Waals surface area contributed by atoms with Crippen molar-refractivity contribution in [3.8, 4) is 11.1 Å². The Kier molecular flexibility index (Phi) is 4.92. The largest absolute Gasteiger partial charge is 0.465 e. The van der Waals surface area contributed by atoms with E-state index in [0.717, 1.165) is 35.6 Å². The van der Waals surface area contributed by atoms with E-state index in [0.29, 0.717) is 10.6 Å². The van der Waals surface area contributed by atoms with Gasteiger partial charge in [-0.05, 0) is 56.5 Å². The van der Waals surface area contributed by atoms with Gasteiger partial charge in [-0.15, -0.1) is 11.3 Å². The number of methoxy groups -OCH3 is 1. The van der Waals surface area contributed by atoms with E-state index in [-0.39, 0.29) is 5.97 Å². The van der Waals surface area contributed by atoms with E-state index in [1.54, 1.807) is 0 Å². The first kappa shape index (κ1) is 17.0. The number of esters is 1. The van der Waals surface area contributed by atoms with Gasteiger partial charge in [-0.3, -0.25) is 4.90 Å². The normalized spacial score (nSPS) is 15.0. The third-order valence-electron chi connectivity index (χ3n) is 4.76. The van der Waals surface area contributed by atoms with E-state index in [1.807, 2.05) is 0 Å². The van der Waals surface area contributed by atoms with Crippen molar-refractivity contribution < 1.29 is 9.53 Å². The van der Waals surface area contributed by atoms with Crippen molar-refractivity contribution in [2.24, 2.45) is 0 Å². The standard InChI is InChI=1S/C19H24N2O2S/c1-12-6-7-14(10-13(12)2)16-15(11-21-8-4-5-9-21)24-18(20)17(16)19(22)23-3/h6-7,10H,4-5,8-9,11,20H2,1-3H3. The molecule has 0 unspecified atom stereocenters. The van der Waals surface area contributed by atoms with Crippen molar-refractivity contribution in [2.75, 3.05) is 25.9 Å². The third-order valence-corrected chi connectivity index (χ3v) is 5.76. The molecule has 2 aromatic rings. The summed E-state index contributed by atoms with van der Waals surface area (Å²) < 4.78 is 4.99. The summed E-state index contributed by atoms with van der Waals surface area (Å²) in [7, 11) is 1.41. The Morgan fingerprint density at radius 2 is 1.96 bits per heavy atom. The van der Waals surface area contributed by atoms with Crippen LogP contribution in [-0.2, 0) is 11.3 Å². The van der Waals surface area contributed by atoms with Crippen LogP contribution in [0.3, 0.4) is 0 Å². The highest BCUT2D eigenvalue weighted by molar-refractivity contribution is 7.17. The number of aryl methyl sites for hydroxylation is 2. The average molecular weight is 344 g/mol. The summed E-state index contributed by atoms with van der Waals surface area (Å²) in [5, 5.41) is 0.546. The van der Waals surface area contributed by atoms with Crippen molar-refractivity contribution in [1.29, 1.82) is 0 Å². The Bertz CT molecular complexity index is 761. The van der Waals surface area contributed by atoms with Crippen LogP contribution in [0.4, 0.5) is 5.00 Å². The maximum Gasteiger partial charge on any atom is 0.341 e. The van der Waals surface area contributed by atoms with Crippen molar-refractivity contribution in [3.05, 3.63) is 39.8 Å². The number of nitrogens with zero attached hydrogens (tertiary/aromatic N) is 1. The number of ether oxygens (including phenoxy) is 1. The van der Waals surface area contributed by atoms with Crippen LogP contribution in [-0.4, -0.2) is 31.1 Å². The lowest BCUT2D eigenvalue weighted by atomic mass is 9.97. The number of carbonyl (C=O) groups is 1. The van der Waals surface area contributed by atoms with Gasteiger partial charge in [0.2, 0.25) is 0 Å². The second kappa shape index (κ2) is 6.95. The zero-order chi connectivity index (χ0) is 17.3. The minimum Gasteiger partial charge on any atom is -0.465 e. The summed E-state index contributed by atoms with van der Waals surface area (Å²) in [5.41, 5.74) is 11.1. The van der Waals surface area contributed by atoms with Crippen LogP contribution in [0, 0.1) is 13.8 Å². The summed E-state index contributed by atoms with van der Waals surface area (Å²) in [6.45, 7) is 7.24. The number of nitrogens with two attached hydrogens (primary N) is 1. The van der Waals surface area contributed by atoms with Gasteiger partial charge < -0.3 is 10.5 Å².